The largest absolute Gasteiger partial charge is 0.356 e. The number of aromatic nitrogens is 3. The number of pyridine rings is 1. The Morgan fingerprint density at radius 1 is 1.33 bits per heavy atom. The van der Waals surface area contributed by atoms with Gasteiger partial charge in [-0.1, -0.05) is 6.07 Å². The van der Waals surface area contributed by atoms with Gasteiger partial charge >= 0.3 is 0 Å². The predicted octanol–water partition coefficient (Wildman–Crippen LogP) is 0.833. The molecule has 0 radical (unpaired) electrons. The van der Waals surface area contributed by atoms with Gasteiger partial charge in [-0.25, -0.2) is 4.98 Å². The summed E-state index contributed by atoms with van der Waals surface area (Å²) < 4.78 is 1.97. The fourth-order valence-corrected chi connectivity index (χ4v) is 2.85. The fourth-order valence-electron chi connectivity index (χ4n) is 2.85. The molecule has 0 unspecified atom stereocenters. The zero-order chi connectivity index (χ0) is 16.8. The summed E-state index contributed by atoms with van der Waals surface area (Å²) in [6.45, 7) is 2.40. The second-order valence-corrected chi connectivity index (χ2v) is 5.98. The molecule has 2 aromatic rings. The summed E-state index contributed by atoms with van der Waals surface area (Å²) in [6, 6.07) is 3.78. The van der Waals surface area contributed by atoms with Crippen molar-refractivity contribution in [3.63, 3.8) is 0 Å². The molecule has 126 valence electrons. The molecule has 3 rings (SSSR count). The normalized spacial score (nSPS) is 17.2. The third kappa shape index (κ3) is 4.18. The molecule has 1 atom stereocenters. The smallest absolute Gasteiger partial charge is 0.225 e. The molecular formula is C17H21N5O2. The van der Waals surface area contributed by atoms with Gasteiger partial charge in [0.25, 0.3) is 0 Å². The number of nitrogens with one attached hydrogen (secondary N) is 1. The van der Waals surface area contributed by atoms with Crippen molar-refractivity contribution in [1.82, 2.24) is 24.8 Å². The zero-order valence-electron chi connectivity index (χ0n) is 13.5. The van der Waals surface area contributed by atoms with E-state index in [1.165, 1.54) is 0 Å². The highest BCUT2D eigenvalue weighted by molar-refractivity contribution is 5.89. The highest BCUT2D eigenvalue weighted by Gasteiger charge is 2.33. The molecule has 24 heavy (non-hydrogen) atoms. The summed E-state index contributed by atoms with van der Waals surface area (Å²) in [5.41, 5.74) is 0.979. The van der Waals surface area contributed by atoms with Crippen LogP contribution in [0.2, 0.25) is 0 Å². The van der Waals surface area contributed by atoms with Crippen LogP contribution in [0.15, 0.2) is 43.2 Å². The number of rotatable bonds is 7. The van der Waals surface area contributed by atoms with Crippen LogP contribution in [-0.4, -0.2) is 44.3 Å². The Morgan fingerprint density at radius 2 is 2.25 bits per heavy atom. The number of likely N-dealkylation sites (tertiary alicyclic amines) is 1. The van der Waals surface area contributed by atoms with E-state index in [0.29, 0.717) is 19.6 Å². The molecule has 0 spiro atoms. The molecule has 1 aliphatic heterocycles. The lowest BCUT2D eigenvalue weighted by Gasteiger charge is -2.16. The minimum Gasteiger partial charge on any atom is -0.356 e. The van der Waals surface area contributed by atoms with Crippen LogP contribution in [0.25, 0.3) is 0 Å². The monoisotopic (exact) mass is 327 g/mol. The van der Waals surface area contributed by atoms with Crippen LogP contribution < -0.4 is 5.32 Å². The van der Waals surface area contributed by atoms with Crippen molar-refractivity contribution >= 4 is 11.8 Å². The SMILES string of the molecule is O=C(NCCCn1ccnc1)[C@H]1CC(=O)N(Cc2cccnc2)C1. The van der Waals surface area contributed by atoms with E-state index < -0.39 is 0 Å². The number of amides is 2. The Kier molecular flexibility index (Phi) is 5.20. The van der Waals surface area contributed by atoms with E-state index in [9.17, 15) is 9.59 Å². The molecule has 0 aliphatic carbocycles. The molecular weight excluding hydrogens is 306 g/mol. The van der Waals surface area contributed by atoms with Crippen LogP contribution >= 0.6 is 0 Å². The molecule has 1 fully saturated rings. The van der Waals surface area contributed by atoms with E-state index >= 15 is 0 Å². The number of hydrogen-bond acceptors (Lipinski definition) is 4. The van der Waals surface area contributed by atoms with E-state index in [2.05, 4.69) is 15.3 Å². The third-order valence-electron chi connectivity index (χ3n) is 4.13. The molecule has 1 aliphatic rings. The first-order valence-corrected chi connectivity index (χ1v) is 8.12. The van der Waals surface area contributed by atoms with Gasteiger partial charge < -0.3 is 14.8 Å². The lowest BCUT2D eigenvalue weighted by atomic mass is 10.1. The van der Waals surface area contributed by atoms with Gasteiger partial charge in [-0.05, 0) is 18.1 Å². The highest BCUT2D eigenvalue weighted by atomic mass is 16.2. The van der Waals surface area contributed by atoms with E-state index in [0.717, 1.165) is 18.5 Å². The van der Waals surface area contributed by atoms with Gasteiger partial charge in [0.05, 0.1) is 12.2 Å². The summed E-state index contributed by atoms with van der Waals surface area (Å²) in [6.07, 6.45) is 9.96. The van der Waals surface area contributed by atoms with E-state index in [-0.39, 0.29) is 24.2 Å². The van der Waals surface area contributed by atoms with Gasteiger partial charge in [0, 0.05) is 57.4 Å². The van der Waals surface area contributed by atoms with Gasteiger partial charge in [-0.15, -0.1) is 0 Å². The Hall–Kier alpha value is -2.70. The number of carbonyl (C=O) groups excluding carboxylic acids is 2. The second kappa shape index (κ2) is 7.72. The Balaban J connectivity index is 1.42. The molecule has 1 N–H and O–H groups in total. The van der Waals surface area contributed by atoms with Crippen LogP contribution in [0.3, 0.4) is 0 Å². The maximum absolute atomic E-state index is 12.2. The van der Waals surface area contributed by atoms with Crippen molar-refractivity contribution in [2.75, 3.05) is 13.1 Å². The van der Waals surface area contributed by atoms with Gasteiger partial charge in [0.15, 0.2) is 0 Å². The van der Waals surface area contributed by atoms with Gasteiger partial charge in [-0.3, -0.25) is 14.6 Å². The van der Waals surface area contributed by atoms with Crippen LogP contribution in [0.1, 0.15) is 18.4 Å². The average molecular weight is 327 g/mol. The van der Waals surface area contributed by atoms with Crippen molar-refractivity contribution in [2.24, 2.45) is 5.92 Å². The van der Waals surface area contributed by atoms with Crippen LogP contribution in [0.4, 0.5) is 0 Å². The quantitative estimate of drug-likeness (QED) is 0.764. The summed E-state index contributed by atoms with van der Waals surface area (Å²) in [5, 5.41) is 2.93. The lowest BCUT2D eigenvalue weighted by molar-refractivity contribution is -0.129. The van der Waals surface area contributed by atoms with Gasteiger partial charge in [0.1, 0.15) is 0 Å². The van der Waals surface area contributed by atoms with Crippen molar-refractivity contribution in [3.05, 3.63) is 48.8 Å². The third-order valence-corrected chi connectivity index (χ3v) is 4.13. The first-order chi connectivity index (χ1) is 11.7. The average Bonchev–Trinajstić information content (AvgIpc) is 3.23. The predicted molar refractivity (Wildman–Crippen MR) is 87.6 cm³/mol. The first kappa shape index (κ1) is 16.2. The van der Waals surface area contributed by atoms with E-state index in [1.807, 2.05) is 22.9 Å². The standard InChI is InChI=1S/C17H21N5O2/c23-16-9-15(12-22(16)11-14-3-1-4-18-10-14)17(24)20-5-2-7-21-8-6-19-13-21/h1,3-4,6,8,10,13,15H,2,5,7,9,11-12H2,(H,20,24)/t15-/m0/s1. The Bertz CT molecular complexity index is 672. The number of imidazole rings is 1. The number of hydrogen-bond donors (Lipinski definition) is 1. The minimum absolute atomic E-state index is 0.0254. The maximum Gasteiger partial charge on any atom is 0.225 e. The van der Waals surface area contributed by atoms with Crippen molar-refractivity contribution < 1.29 is 9.59 Å². The lowest BCUT2D eigenvalue weighted by Crippen LogP contribution is -2.33. The molecule has 3 heterocycles. The van der Waals surface area contributed by atoms with Gasteiger partial charge in [0.2, 0.25) is 11.8 Å². The summed E-state index contributed by atoms with van der Waals surface area (Å²) in [4.78, 5) is 34.1. The number of carbonyl (C=O) groups is 2. The minimum atomic E-state index is -0.262. The summed E-state index contributed by atoms with van der Waals surface area (Å²) in [7, 11) is 0. The van der Waals surface area contributed by atoms with Crippen molar-refractivity contribution in [1.29, 1.82) is 0 Å². The second-order valence-electron chi connectivity index (χ2n) is 5.98. The Labute approximate surface area is 140 Å². The van der Waals surface area contributed by atoms with Crippen molar-refractivity contribution in [3.8, 4) is 0 Å². The summed E-state index contributed by atoms with van der Waals surface area (Å²) in [5.74, 6) is -0.275. The highest BCUT2D eigenvalue weighted by Crippen LogP contribution is 2.20. The van der Waals surface area contributed by atoms with Crippen molar-refractivity contribution in [2.45, 2.75) is 25.9 Å². The van der Waals surface area contributed by atoms with E-state index in [4.69, 9.17) is 0 Å². The first-order valence-electron chi connectivity index (χ1n) is 8.12. The number of aryl methyl sites for hydroxylation is 1. The summed E-state index contributed by atoms with van der Waals surface area (Å²) >= 11 is 0. The van der Waals surface area contributed by atoms with Crippen LogP contribution in [-0.2, 0) is 22.7 Å². The van der Waals surface area contributed by atoms with E-state index in [1.54, 1.807) is 29.8 Å². The van der Waals surface area contributed by atoms with Crippen LogP contribution in [0.5, 0.6) is 0 Å². The topological polar surface area (TPSA) is 80.1 Å². The Morgan fingerprint density at radius 3 is 3.00 bits per heavy atom. The molecule has 0 aromatic carbocycles. The molecule has 7 nitrogen and oxygen atoms in total. The molecule has 0 bridgehead atoms. The molecule has 0 saturated carbocycles. The maximum atomic E-state index is 12.2. The molecule has 1 saturated heterocycles. The van der Waals surface area contributed by atoms with Gasteiger partial charge in [-0.2, -0.15) is 0 Å². The molecule has 2 amide bonds. The van der Waals surface area contributed by atoms with Crippen LogP contribution in [0, 0.1) is 5.92 Å². The fraction of sp³-hybridized carbons (Fsp3) is 0.412. The molecule has 7 heteroatoms. The number of nitrogens with zero attached hydrogens (tertiary/aromatic N) is 4. The zero-order valence-corrected chi connectivity index (χ0v) is 13.5. The molecule has 2 aromatic heterocycles.